The largest absolute Gasteiger partial charge is 0.468 e. The predicted molar refractivity (Wildman–Crippen MR) is 51.4 cm³/mol. The Hall–Kier alpha value is -0.790. The number of nitrogens with two attached hydrogens (primary N) is 1. The first-order valence-electron chi connectivity index (χ1n) is 3.18. The summed E-state index contributed by atoms with van der Waals surface area (Å²) in [5.74, 6) is -0.0117. The summed E-state index contributed by atoms with van der Waals surface area (Å²) in [5.41, 5.74) is 5.48. The van der Waals surface area contributed by atoms with Crippen LogP contribution in [0.3, 0.4) is 0 Å². The number of methoxy groups -OCH3 is 1. The van der Waals surface area contributed by atoms with Gasteiger partial charge in [0.1, 0.15) is 10.2 Å². The molecular formula is C6H8IN3O2. The molecule has 1 aromatic heterocycles. The molecule has 0 fully saturated rings. The number of anilines is 1. The fourth-order valence-corrected chi connectivity index (χ4v) is 1.28. The van der Waals surface area contributed by atoms with E-state index in [0.717, 1.165) is 3.70 Å². The van der Waals surface area contributed by atoms with Gasteiger partial charge in [0.2, 0.25) is 5.95 Å². The Morgan fingerprint density at radius 2 is 2.58 bits per heavy atom. The van der Waals surface area contributed by atoms with E-state index in [1.165, 1.54) is 7.11 Å². The van der Waals surface area contributed by atoms with E-state index in [1.54, 1.807) is 10.8 Å². The zero-order valence-corrected chi connectivity index (χ0v) is 8.61. The highest BCUT2D eigenvalue weighted by molar-refractivity contribution is 14.1. The number of halogens is 1. The van der Waals surface area contributed by atoms with Crippen LogP contribution in [0.5, 0.6) is 0 Å². The van der Waals surface area contributed by atoms with Crippen LogP contribution >= 0.6 is 22.6 Å². The molecule has 2 N–H and O–H groups in total. The van der Waals surface area contributed by atoms with Crippen molar-refractivity contribution >= 4 is 34.5 Å². The smallest absolute Gasteiger partial charge is 0.325 e. The maximum atomic E-state index is 10.9. The number of carbonyl (C=O) groups is 1. The van der Waals surface area contributed by atoms with Crippen LogP contribution in [0.2, 0.25) is 0 Å². The number of nitrogens with zero attached hydrogens (tertiary/aromatic N) is 2. The number of nitrogen functional groups attached to an aromatic ring is 1. The minimum absolute atomic E-state index is 0.112. The van der Waals surface area contributed by atoms with Gasteiger partial charge in [-0.3, -0.25) is 9.36 Å². The van der Waals surface area contributed by atoms with Crippen LogP contribution in [0.15, 0.2) is 6.20 Å². The van der Waals surface area contributed by atoms with Crippen molar-refractivity contribution in [3.63, 3.8) is 0 Å². The van der Waals surface area contributed by atoms with Crippen LogP contribution in [0.4, 0.5) is 5.95 Å². The number of rotatable bonds is 2. The second kappa shape index (κ2) is 3.74. The second-order valence-corrected chi connectivity index (χ2v) is 3.21. The summed E-state index contributed by atoms with van der Waals surface area (Å²) >= 11 is 2.04. The molecule has 1 aromatic rings. The third-order valence-electron chi connectivity index (χ3n) is 1.35. The van der Waals surface area contributed by atoms with Crippen molar-refractivity contribution in [1.29, 1.82) is 0 Å². The third kappa shape index (κ3) is 1.87. The van der Waals surface area contributed by atoms with Gasteiger partial charge in [0.05, 0.1) is 13.3 Å². The van der Waals surface area contributed by atoms with Gasteiger partial charge < -0.3 is 10.5 Å². The van der Waals surface area contributed by atoms with Crippen molar-refractivity contribution in [3.8, 4) is 0 Å². The highest BCUT2D eigenvalue weighted by Gasteiger charge is 2.08. The first-order chi connectivity index (χ1) is 5.65. The number of aromatic nitrogens is 2. The topological polar surface area (TPSA) is 70.1 Å². The lowest BCUT2D eigenvalue weighted by atomic mass is 10.6. The summed E-state index contributed by atoms with van der Waals surface area (Å²) in [6.45, 7) is 0.112. The van der Waals surface area contributed by atoms with Gasteiger partial charge in [0.25, 0.3) is 0 Å². The van der Waals surface area contributed by atoms with Crippen LogP contribution in [0.1, 0.15) is 0 Å². The van der Waals surface area contributed by atoms with Gasteiger partial charge in [0.15, 0.2) is 0 Å². The maximum Gasteiger partial charge on any atom is 0.325 e. The van der Waals surface area contributed by atoms with E-state index in [9.17, 15) is 4.79 Å². The Kier molecular flexibility index (Phi) is 2.90. The molecule has 0 aliphatic carbocycles. The van der Waals surface area contributed by atoms with E-state index in [4.69, 9.17) is 5.73 Å². The number of hydrogen-bond donors (Lipinski definition) is 1. The van der Waals surface area contributed by atoms with Gasteiger partial charge in [-0.2, -0.15) is 0 Å². The molecule has 0 bridgehead atoms. The van der Waals surface area contributed by atoms with Crippen molar-refractivity contribution in [3.05, 3.63) is 9.90 Å². The van der Waals surface area contributed by atoms with Gasteiger partial charge in [0, 0.05) is 0 Å². The number of hydrogen-bond acceptors (Lipinski definition) is 4. The normalized spacial score (nSPS) is 9.83. The molecule has 0 radical (unpaired) electrons. The Labute approximate surface area is 83.0 Å². The molecule has 0 aliphatic rings. The Balaban J connectivity index is 2.80. The van der Waals surface area contributed by atoms with Crippen molar-refractivity contribution in [2.75, 3.05) is 12.8 Å². The van der Waals surface area contributed by atoms with Crippen LogP contribution in [-0.4, -0.2) is 22.6 Å². The zero-order chi connectivity index (χ0) is 9.14. The first kappa shape index (κ1) is 9.30. The van der Waals surface area contributed by atoms with E-state index >= 15 is 0 Å². The fourth-order valence-electron chi connectivity index (χ4n) is 0.718. The van der Waals surface area contributed by atoms with Gasteiger partial charge in [-0.25, -0.2) is 4.98 Å². The zero-order valence-electron chi connectivity index (χ0n) is 6.45. The molecule has 0 atom stereocenters. The van der Waals surface area contributed by atoms with Crippen molar-refractivity contribution in [2.24, 2.45) is 0 Å². The van der Waals surface area contributed by atoms with Crippen molar-refractivity contribution < 1.29 is 9.53 Å². The number of esters is 1. The van der Waals surface area contributed by atoms with E-state index < -0.39 is 0 Å². The molecule has 0 saturated heterocycles. The van der Waals surface area contributed by atoms with Crippen LogP contribution in [0, 0.1) is 3.70 Å². The molecule has 0 aliphatic heterocycles. The first-order valence-corrected chi connectivity index (χ1v) is 4.26. The second-order valence-electron chi connectivity index (χ2n) is 2.10. The van der Waals surface area contributed by atoms with E-state index in [1.807, 2.05) is 22.6 Å². The lowest BCUT2D eigenvalue weighted by molar-refractivity contribution is -0.141. The molecule has 1 rings (SSSR count). The number of carbonyl (C=O) groups excluding carboxylic acids is 1. The van der Waals surface area contributed by atoms with Crippen molar-refractivity contribution in [1.82, 2.24) is 9.55 Å². The van der Waals surface area contributed by atoms with Gasteiger partial charge >= 0.3 is 5.97 Å². The molecule has 0 saturated carbocycles. The molecule has 12 heavy (non-hydrogen) atoms. The monoisotopic (exact) mass is 281 g/mol. The number of ether oxygens (including phenoxy) is 1. The van der Waals surface area contributed by atoms with E-state index in [-0.39, 0.29) is 12.5 Å². The Bertz CT molecular complexity index is 277. The van der Waals surface area contributed by atoms with E-state index in [0.29, 0.717) is 5.95 Å². The molecule has 0 amide bonds. The maximum absolute atomic E-state index is 10.9. The molecule has 0 spiro atoms. The SMILES string of the molecule is COC(=O)Cn1c(I)cnc1N. The molecule has 0 unspecified atom stereocenters. The Morgan fingerprint density at radius 1 is 1.92 bits per heavy atom. The summed E-state index contributed by atoms with van der Waals surface area (Å²) in [6, 6.07) is 0. The van der Waals surface area contributed by atoms with Gasteiger partial charge in [-0.1, -0.05) is 0 Å². The van der Waals surface area contributed by atoms with Crippen LogP contribution < -0.4 is 5.73 Å². The van der Waals surface area contributed by atoms with Crippen molar-refractivity contribution in [2.45, 2.75) is 6.54 Å². The van der Waals surface area contributed by atoms with Crippen LogP contribution in [-0.2, 0) is 16.1 Å². The average Bonchev–Trinajstić information content (AvgIpc) is 2.35. The standard InChI is InChI=1S/C6H8IN3O2/c1-12-5(11)3-10-4(7)2-9-6(10)8/h2H,3H2,1H3,(H2,8,9). The average molecular weight is 281 g/mol. The molecule has 1 heterocycles. The molecular weight excluding hydrogens is 273 g/mol. The summed E-state index contributed by atoms with van der Waals surface area (Å²) in [4.78, 5) is 14.7. The summed E-state index contributed by atoms with van der Waals surface area (Å²) in [5, 5.41) is 0. The Morgan fingerprint density at radius 3 is 3.00 bits per heavy atom. The summed E-state index contributed by atoms with van der Waals surface area (Å²) in [6.07, 6.45) is 1.60. The minimum atomic E-state index is -0.336. The van der Waals surface area contributed by atoms with Crippen LogP contribution in [0.25, 0.3) is 0 Å². The highest BCUT2D eigenvalue weighted by atomic mass is 127. The fraction of sp³-hybridized carbons (Fsp3) is 0.333. The molecule has 6 heteroatoms. The minimum Gasteiger partial charge on any atom is -0.468 e. The highest BCUT2D eigenvalue weighted by Crippen LogP contribution is 2.09. The molecule has 0 aromatic carbocycles. The third-order valence-corrected chi connectivity index (χ3v) is 2.21. The predicted octanol–water partition coefficient (Wildman–Crippen LogP) is 0.243. The lowest BCUT2D eigenvalue weighted by Crippen LogP contribution is -2.14. The van der Waals surface area contributed by atoms with E-state index in [2.05, 4.69) is 9.72 Å². The lowest BCUT2D eigenvalue weighted by Gasteiger charge is -2.03. The van der Waals surface area contributed by atoms with Gasteiger partial charge in [-0.15, -0.1) is 0 Å². The molecule has 5 nitrogen and oxygen atoms in total. The molecule has 66 valence electrons. The quantitative estimate of drug-likeness (QED) is 0.623. The van der Waals surface area contributed by atoms with Gasteiger partial charge in [-0.05, 0) is 22.6 Å². The summed E-state index contributed by atoms with van der Waals surface area (Å²) < 4.78 is 6.88. The number of imidazole rings is 1. The summed E-state index contributed by atoms with van der Waals surface area (Å²) in [7, 11) is 1.34.